The molecule has 0 aromatic heterocycles. The minimum Gasteiger partial charge on any atom is -0.391 e. The van der Waals surface area contributed by atoms with Crippen LogP contribution in [-0.4, -0.2) is 28.2 Å². The third-order valence-corrected chi connectivity index (χ3v) is 1.63. The van der Waals surface area contributed by atoms with Crippen LogP contribution in [0.5, 0.6) is 0 Å². The van der Waals surface area contributed by atoms with Gasteiger partial charge in [0.2, 0.25) is 0 Å². The molecule has 0 fully saturated rings. The molecule has 0 aliphatic carbocycles. The molecule has 0 aromatic carbocycles. The third-order valence-electron chi connectivity index (χ3n) is 1.63. The molecule has 2 unspecified atom stereocenters. The largest absolute Gasteiger partial charge is 0.391 e. The SMILES string of the molecule is CC(C)CC(=O)CC(O)C(C)O. The number of ketones is 1. The van der Waals surface area contributed by atoms with E-state index in [-0.39, 0.29) is 12.2 Å². The predicted molar refractivity (Wildman–Crippen MR) is 46.8 cm³/mol. The average molecular weight is 174 g/mol. The molecule has 0 saturated carbocycles. The monoisotopic (exact) mass is 174 g/mol. The van der Waals surface area contributed by atoms with E-state index in [9.17, 15) is 4.79 Å². The van der Waals surface area contributed by atoms with Gasteiger partial charge in [-0.25, -0.2) is 0 Å². The Morgan fingerprint density at radius 3 is 2.00 bits per heavy atom. The molecule has 0 spiro atoms. The molecule has 72 valence electrons. The highest BCUT2D eigenvalue weighted by Crippen LogP contribution is 2.06. The van der Waals surface area contributed by atoms with Crippen molar-refractivity contribution in [3.05, 3.63) is 0 Å². The smallest absolute Gasteiger partial charge is 0.135 e. The van der Waals surface area contributed by atoms with Gasteiger partial charge in [0.25, 0.3) is 0 Å². The fraction of sp³-hybridized carbons (Fsp3) is 0.889. The zero-order valence-corrected chi connectivity index (χ0v) is 7.95. The maximum atomic E-state index is 11.1. The van der Waals surface area contributed by atoms with E-state index in [1.165, 1.54) is 6.92 Å². The summed E-state index contributed by atoms with van der Waals surface area (Å²) in [4.78, 5) is 11.1. The normalized spacial score (nSPS) is 16.2. The van der Waals surface area contributed by atoms with E-state index in [4.69, 9.17) is 10.2 Å². The van der Waals surface area contributed by atoms with E-state index in [1.807, 2.05) is 13.8 Å². The Bertz CT molecular complexity index is 141. The highest BCUT2D eigenvalue weighted by molar-refractivity contribution is 5.79. The van der Waals surface area contributed by atoms with Gasteiger partial charge in [0, 0.05) is 12.8 Å². The van der Waals surface area contributed by atoms with Crippen molar-refractivity contribution >= 4 is 5.78 Å². The fourth-order valence-electron chi connectivity index (χ4n) is 0.942. The predicted octanol–water partition coefficient (Wildman–Crippen LogP) is 0.733. The summed E-state index contributed by atoms with van der Waals surface area (Å²) in [6, 6.07) is 0. The van der Waals surface area contributed by atoms with Gasteiger partial charge in [-0.2, -0.15) is 0 Å². The van der Waals surface area contributed by atoms with Gasteiger partial charge in [0.15, 0.2) is 0 Å². The Labute approximate surface area is 73.4 Å². The molecule has 0 aliphatic heterocycles. The van der Waals surface area contributed by atoms with Gasteiger partial charge in [0.05, 0.1) is 12.2 Å². The van der Waals surface area contributed by atoms with Gasteiger partial charge in [-0.1, -0.05) is 13.8 Å². The van der Waals surface area contributed by atoms with Crippen LogP contribution >= 0.6 is 0 Å². The zero-order chi connectivity index (χ0) is 9.72. The van der Waals surface area contributed by atoms with E-state index >= 15 is 0 Å². The third kappa shape index (κ3) is 5.27. The highest BCUT2D eigenvalue weighted by Gasteiger charge is 2.15. The summed E-state index contributed by atoms with van der Waals surface area (Å²) in [5.74, 6) is 0.331. The van der Waals surface area contributed by atoms with Crippen LogP contribution in [-0.2, 0) is 4.79 Å². The lowest BCUT2D eigenvalue weighted by molar-refractivity contribution is -0.123. The summed E-state index contributed by atoms with van der Waals surface area (Å²) in [7, 11) is 0. The van der Waals surface area contributed by atoms with Crippen LogP contribution in [0.2, 0.25) is 0 Å². The lowest BCUT2D eigenvalue weighted by Gasteiger charge is -2.12. The summed E-state index contributed by atoms with van der Waals surface area (Å²) in [6.45, 7) is 5.38. The molecular formula is C9H18O3. The summed E-state index contributed by atoms with van der Waals surface area (Å²) >= 11 is 0. The van der Waals surface area contributed by atoms with E-state index in [0.717, 1.165) is 0 Å². The molecule has 0 aromatic rings. The van der Waals surface area contributed by atoms with Gasteiger partial charge < -0.3 is 10.2 Å². The summed E-state index contributed by atoms with van der Waals surface area (Å²) < 4.78 is 0. The Hall–Kier alpha value is -0.410. The minimum atomic E-state index is -0.906. The molecule has 12 heavy (non-hydrogen) atoms. The van der Waals surface area contributed by atoms with Crippen LogP contribution in [0.25, 0.3) is 0 Å². The Morgan fingerprint density at radius 1 is 1.17 bits per heavy atom. The first-order chi connectivity index (χ1) is 5.43. The van der Waals surface area contributed by atoms with E-state index in [0.29, 0.717) is 12.3 Å². The van der Waals surface area contributed by atoms with Crippen molar-refractivity contribution in [3.8, 4) is 0 Å². The quantitative estimate of drug-likeness (QED) is 0.646. The summed E-state index contributed by atoms with van der Waals surface area (Å²) in [5.41, 5.74) is 0. The molecule has 0 rings (SSSR count). The molecular weight excluding hydrogens is 156 g/mol. The number of hydrogen-bond donors (Lipinski definition) is 2. The molecule has 0 saturated heterocycles. The van der Waals surface area contributed by atoms with Gasteiger partial charge >= 0.3 is 0 Å². The molecule has 0 amide bonds. The minimum absolute atomic E-state index is 0.0124. The average Bonchev–Trinajstić information content (AvgIpc) is 1.84. The Morgan fingerprint density at radius 2 is 1.67 bits per heavy atom. The second-order valence-electron chi connectivity index (χ2n) is 3.65. The molecule has 0 heterocycles. The highest BCUT2D eigenvalue weighted by atomic mass is 16.3. The molecule has 2 N–H and O–H groups in total. The first-order valence-electron chi connectivity index (χ1n) is 4.31. The number of rotatable bonds is 5. The van der Waals surface area contributed by atoms with Gasteiger partial charge in [-0.3, -0.25) is 4.79 Å². The second-order valence-corrected chi connectivity index (χ2v) is 3.65. The maximum absolute atomic E-state index is 11.1. The van der Waals surface area contributed by atoms with Crippen molar-refractivity contribution in [2.45, 2.75) is 45.8 Å². The van der Waals surface area contributed by atoms with Crippen molar-refractivity contribution in [2.75, 3.05) is 0 Å². The molecule has 3 nitrogen and oxygen atoms in total. The summed E-state index contributed by atoms with van der Waals surface area (Å²) in [6.07, 6.45) is -1.18. The first-order valence-corrected chi connectivity index (χ1v) is 4.31. The van der Waals surface area contributed by atoms with Crippen LogP contribution in [0, 0.1) is 5.92 Å². The van der Waals surface area contributed by atoms with Gasteiger partial charge in [-0.05, 0) is 12.8 Å². The van der Waals surface area contributed by atoms with Crippen molar-refractivity contribution in [3.63, 3.8) is 0 Å². The van der Waals surface area contributed by atoms with Gasteiger partial charge in [0.1, 0.15) is 5.78 Å². The number of carbonyl (C=O) groups excluding carboxylic acids is 1. The standard InChI is InChI=1S/C9H18O3/c1-6(2)4-8(11)5-9(12)7(3)10/h6-7,9-10,12H,4-5H2,1-3H3. The molecule has 3 heteroatoms. The van der Waals surface area contributed by atoms with Crippen molar-refractivity contribution in [2.24, 2.45) is 5.92 Å². The summed E-state index contributed by atoms with van der Waals surface area (Å²) in [5, 5.41) is 18.0. The van der Waals surface area contributed by atoms with Crippen LogP contribution in [0.3, 0.4) is 0 Å². The van der Waals surface area contributed by atoms with Crippen LogP contribution in [0.4, 0.5) is 0 Å². The number of aliphatic hydroxyl groups is 2. The lowest BCUT2D eigenvalue weighted by atomic mass is 10.0. The van der Waals surface area contributed by atoms with Crippen molar-refractivity contribution < 1.29 is 15.0 Å². The number of aliphatic hydroxyl groups excluding tert-OH is 2. The van der Waals surface area contributed by atoms with Crippen molar-refractivity contribution in [1.82, 2.24) is 0 Å². The van der Waals surface area contributed by atoms with Crippen LogP contribution in [0.15, 0.2) is 0 Å². The topological polar surface area (TPSA) is 57.5 Å². The maximum Gasteiger partial charge on any atom is 0.135 e. The lowest BCUT2D eigenvalue weighted by Crippen LogP contribution is -2.25. The van der Waals surface area contributed by atoms with Crippen LogP contribution in [0.1, 0.15) is 33.6 Å². The van der Waals surface area contributed by atoms with Crippen LogP contribution < -0.4 is 0 Å². The molecule has 0 radical (unpaired) electrons. The first kappa shape index (κ1) is 11.6. The molecule has 0 bridgehead atoms. The number of hydrogen-bond acceptors (Lipinski definition) is 3. The Balaban J connectivity index is 3.69. The number of carbonyl (C=O) groups is 1. The zero-order valence-electron chi connectivity index (χ0n) is 7.95. The Kier molecular flexibility index (Phi) is 5.09. The molecule has 0 aliphatic rings. The second kappa shape index (κ2) is 5.27. The van der Waals surface area contributed by atoms with E-state index < -0.39 is 12.2 Å². The van der Waals surface area contributed by atoms with E-state index in [1.54, 1.807) is 0 Å². The molecule has 2 atom stereocenters. The van der Waals surface area contributed by atoms with Crippen molar-refractivity contribution in [1.29, 1.82) is 0 Å². The van der Waals surface area contributed by atoms with E-state index in [2.05, 4.69) is 0 Å². The van der Waals surface area contributed by atoms with Gasteiger partial charge in [-0.15, -0.1) is 0 Å². The number of Topliss-reactive ketones (excluding diaryl/α,β-unsaturated/α-hetero) is 1. The fourth-order valence-corrected chi connectivity index (χ4v) is 0.942.